The number of halogens is 3. The van der Waals surface area contributed by atoms with E-state index in [2.05, 4.69) is 35.9 Å². The second kappa shape index (κ2) is 8.08. The van der Waals surface area contributed by atoms with Gasteiger partial charge in [0.15, 0.2) is 5.82 Å². The summed E-state index contributed by atoms with van der Waals surface area (Å²) in [7, 11) is 1.73. The average Bonchev–Trinajstić information content (AvgIpc) is 3.27. The lowest BCUT2D eigenvalue weighted by Gasteiger charge is -2.08. The van der Waals surface area contributed by atoms with Crippen molar-refractivity contribution in [2.75, 3.05) is 11.9 Å². The Kier molecular flexibility index (Phi) is 5.58. The van der Waals surface area contributed by atoms with Crippen LogP contribution in [0.1, 0.15) is 21.9 Å². The molecule has 0 aliphatic rings. The number of tetrazole rings is 1. The van der Waals surface area contributed by atoms with E-state index in [0.29, 0.717) is 5.82 Å². The zero-order chi connectivity index (χ0) is 20.1. The van der Waals surface area contributed by atoms with Crippen LogP contribution in [0.5, 0.6) is 0 Å². The van der Waals surface area contributed by atoms with Crippen LogP contribution in [-0.4, -0.2) is 52.5 Å². The molecule has 3 heterocycles. The van der Waals surface area contributed by atoms with E-state index < -0.39 is 17.8 Å². The molecule has 0 radical (unpaired) electrons. The van der Waals surface area contributed by atoms with Crippen LogP contribution in [-0.2, 0) is 31.1 Å². The van der Waals surface area contributed by atoms with Gasteiger partial charge in [-0.15, -0.1) is 0 Å². The normalized spacial score (nSPS) is 11.6. The summed E-state index contributed by atoms with van der Waals surface area (Å²) in [6, 6.07) is 1.74. The molecule has 3 rings (SSSR count). The predicted molar refractivity (Wildman–Crippen MR) is 85.7 cm³/mol. The van der Waals surface area contributed by atoms with Gasteiger partial charge in [-0.25, -0.2) is 9.67 Å². The van der Waals surface area contributed by atoms with Gasteiger partial charge in [0, 0.05) is 13.2 Å². The van der Waals surface area contributed by atoms with Crippen molar-refractivity contribution in [2.45, 2.75) is 19.3 Å². The Hall–Kier alpha value is -3.42. The molecule has 0 spiro atoms. The Balaban J connectivity index is 1.54. The summed E-state index contributed by atoms with van der Waals surface area (Å²) < 4.78 is 45.9. The first-order valence-electron chi connectivity index (χ1n) is 7.86. The Morgan fingerprint density at radius 2 is 2.11 bits per heavy atom. The lowest BCUT2D eigenvalue weighted by molar-refractivity contribution is -0.141. The maximum absolute atomic E-state index is 12.5. The molecule has 0 saturated carbocycles. The van der Waals surface area contributed by atoms with Gasteiger partial charge >= 0.3 is 6.18 Å². The third-order valence-corrected chi connectivity index (χ3v) is 3.56. The molecule has 28 heavy (non-hydrogen) atoms. The number of carbonyl (C=O) groups is 1. The van der Waals surface area contributed by atoms with Crippen molar-refractivity contribution in [3.63, 3.8) is 0 Å². The van der Waals surface area contributed by atoms with Crippen LogP contribution >= 0.6 is 0 Å². The summed E-state index contributed by atoms with van der Waals surface area (Å²) in [6.07, 6.45) is -2.34. The molecule has 148 valence electrons. The number of ether oxygens (including phenoxy) is 1. The highest BCUT2D eigenvalue weighted by atomic mass is 19.4. The molecule has 0 aliphatic carbocycles. The molecular formula is C14H14F3N9O2. The molecule has 0 aliphatic heterocycles. The van der Waals surface area contributed by atoms with Crippen LogP contribution < -0.4 is 5.32 Å². The number of aryl methyl sites for hydroxylation is 1. The molecule has 1 amide bonds. The summed E-state index contributed by atoms with van der Waals surface area (Å²) in [6.45, 7) is 0.686. The monoisotopic (exact) mass is 397 g/mol. The quantitative estimate of drug-likeness (QED) is 0.577. The van der Waals surface area contributed by atoms with Crippen LogP contribution in [0.25, 0.3) is 0 Å². The second-order valence-electron chi connectivity index (χ2n) is 5.46. The Bertz CT molecular complexity index is 936. The summed E-state index contributed by atoms with van der Waals surface area (Å²) in [5.41, 5.74) is -1.16. The van der Waals surface area contributed by atoms with Crippen LogP contribution in [0, 0.1) is 0 Å². The molecule has 0 bridgehead atoms. The molecule has 1 N–H and O–H groups in total. The van der Waals surface area contributed by atoms with Gasteiger partial charge in [0.2, 0.25) is 5.95 Å². The number of aromatic nitrogens is 8. The van der Waals surface area contributed by atoms with E-state index in [1.54, 1.807) is 11.7 Å². The number of rotatable bonds is 7. The van der Waals surface area contributed by atoms with E-state index in [1.807, 2.05) is 0 Å². The molecule has 0 unspecified atom stereocenters. The summed E-state index contributed by atoms with van der Waals surface area (Å²) in [4.78, 5) is 19.4. The minimum absolute atomic E-state index is 0.0205. The molecule has 11 nitrogen and oxygen atoms in total. The van der Waals surface area contributed by atoms with Gasteiger partial charge in [-0.1, -0.05) is 5.10 Å². The fraction of sp³-hybridized carbons (Fsp3) is 0.357. The Morgan fingerprint density at radius 3 is 2.75 bits per heavy atom. The molecule has 3 aromatic heterocycles. The molecule has 0 saturated heterocycles. The maximum atomic E-state index is 12.5. The zero-order valence-corrected chi connectivity index (χ0v) is 14.5. The van der Waals surface area contributed by atoms with E-state index in [4.69, 9.17) is 4.74 Å². The number of pyridine rings is 1. The lowest BCUT2D eigenvalue weighted by Crippen LogP contribution is -2.19. The van der Waals surface area contributed by atoms with Crippen molar-refractivity contribution in [2.24, 2.45) is 7.05 Å². The Morgan fingerprint density at radius 1 is 1.29 bits per heavy atom. The summed E-state index contributed by atoms with van der Waals surface area (Å²) in [5, 5.41) is 17.2. The summed E-state index contributed by atoms with van der Waals surface area (Å²) >= 11 is 0. The van der Waals surface area contributed by atoms with Crippen LogP contribution in [0.15, 0.2) is 24.7 Å². The van der Waals surface area contributed by atoms with Crippen molar-refractivity contribution < 1.29 is 22.7 Å². The minimum atomic E-state index is -4.58. The highest BCUT2D eigenvalue weighted by Gasteiger charge is 2.32. The van der Waals surface area contributed by atoms with E-state index >= 15 is 0 Å². The molecule has 0 aromatic carbocycles. The first kappa shape index (κ1) is 19.3. The summed E-state index contributed by atoms with van der Waals surface area (Å²) in [5.74, 6) is -0.0375. The number of hydrogen-bond acceptors (Lipinski definition) is 8. The molecule has 0 fully saturated rings. The van der Waals surface area contributed by atoms with Crippen molar-refractivity contribution in [1.29, 1.82) is 0 Å². The average molecular weight is 397 g/mol. The number of nitrogens with one attached hydrogen (secondary N) is 1. The fourth-order valence-electron chi connectivity index (χ4n) is 2.08. The maximum Gasteiger partial charge on any atom is 0.433 e. The van der Waals surface area contributed by atoms with Crippen molar-refractivity contribution in [3.05, 3.63) is 41.7 Å². The minimum Gasteiger partial charge on any atom is -0.372 e. The smallest absolute Gasteiger partial charge is 0.372 e. The highest BCUT2D eigenvalue weighted by Crippen LogP contribution is 2.27. The lowest BCUT2D eigenvalue weighted by atomic mass is 10.2. The molecule has 3 aromatic rings. The topological polar surface area (TPSA) is 126 Å². The van der Waals surface area contributed by atoms with Gasteiger partial charge in [-0.2, -0.15) is 18.3 Å². The van der Waals surface area contributed by atoms with Gasteiger partial charge in [-0.3, -0.25) is 19.8 Å². The van der Waals surface area contributed by atoms with Gasteiger partial charge < -0.3 is 4.74 Å². The van der Waals surface area contributed by atoms with Crippen molar-refractivity contribution >= 4 is 11.9 Å². The number of amides is 1. The predicted octanol–water partition coefficient (Wildman–Crippen LogP) is 0.684. The number of nitrogens with zero attached hydrogens (tertiary/aromatic N) is 8. The largest absolute Gasteiger partial charge is 0.433 e. The molecular weight excluding hydrogens is 383 g/mol. The van der Waals surface area contributed by atoms with E-state index in [-0.39, 0.29) is 31.3 Å². The molecule has 14 heteroatoms. The van der Waals surface area contributed by atoms with Gasteiger partial charge in [0.05, 0.1) is 18.7 Å². The number of anilines is 1. The van der Waals surface area contributed by atoms with Crippen LogP contribution in [0.3, 0.4) is 0 Å². The standard InChI is InChI=1S/C14H14F3N9O2/c1-25-11(19-8-20-25)7-28-5-4-26-13(22-23-24-26)21-12(27)9-2-3-10(18-6-9)14(15,16)17/h2-3,6,8H,4-5,7H2,1H3,(H,21,22,24,27). The first-order chi connectivity index (χ1) is 13.3. The number of hydrogen-bond donors (Lipinski definition) is 1. The first-order valence-corrected chi connectivity index (χ1v) is 7.86. The third kappa shape index (κ3) is 4.64. The molecule has 0 atom stereocenters. The second-order valence-corrected chi connectivity index (χ2v) is 5.46. The van der Waals surface area contributed by atoms with Crippen molar-refractivity contribution in [3.8, 4) is 0 Å². The SMILES string of the molecule is Cn1ncnc1COCCn1nnnc1NC(=O)c1ccc(C(F)(F)F)nc1. The van der Waals surface area contributed by atoms with Gasteiger partial charge in [-0.05, 0) is 22.6 Å². The van der Waals surface area contributed by atoms with Gasteiger partial charge in [0.1, 0.15) is 18.6 Å². The number of alkyl halides is 3. The van der Waals surface area contributed by atoms with Gasteiger partial charge in [0.25, 0.3) is 5.91 Å². The third-order valence-electron chi connectivity index (χ3n) is 3.56. The zero-order valence-electron chi connectivity index (χ0n) is 14.5. The fourth-order valence-corrected chi connectivity index (χ4v) is 2.08. The van der Waals surface area contributed by atoms with E-state index in [9.17, 15) is 18.0 Å². The Labute approximate surface area is 155 Å². The van der Waals surface area contributed by atoms with Crippen LogP contribution in [0.4, 0.5) is 19.1 Å². The van der Waals surface area contributed by atoms with Crippen LogP contribution in [0.2, 0.25) is 0 Å². The van der Waals surface area contributed by atoms with Crippen molar-refractivity contribution in [1.82, 2.24) is 40.0 Å². The highest BCUT2D eigenvalue weighted by molar-refractivity contribution is 6.03. The number of carbonyl (C=O) groups excluding carboxylic acids is 1. The van der Waals surface area contributed by atoms with E-state index in [0.717, 1.165) is 18.3 Å². The van der Waals surface area contributed by atoms with E-state index in [1.165, 1.54) is 11.0 Å².